The standard InChI is InChI=1S/C14H15NO/c1-9-5-3-4-6-11(9)12-8-14(16)13(15)7-10(12)2/h3-8,16H,15H2,1-2H3. The van der Waals surface area contributed by atoms with E-state index < -0.39 is 0 Å². The summed E-state index contributed by atoms with van der Waals surface area (Å²) >= 11 is 0. The summed E-state index contributed by atoms with van der Waals surface area (Å²) in [5.41, 5.74) is 10.5. The second kappa shape index (κ2) is 3.89. The molecule has 2 aromatic carbocycles. The molecule has 0 saturated heterocycles. The minimum absolute atomic E-state index is 0.142. The van der Waals surface area contributed by atoms with Crippen molar-refractivity contribution in [2.45, 2.75) is 13.8 Å². The van der Waals surface area contributed by atoms with E-state index in [1.54, 1.807) is 12.1 Å². The fourth-order valence-electron chi connectivity index (χ4n) is 1.88. The summed E-state index contributed by atoms with van der Waals surface area (Å²) in [5, 5.41) is 9.65. The Bertz CT molecular complexity index is 532. The van der Waals surface area contributed by atoms with E-state index >= 15 is 0 Å². The molecule has 82 valence electrons. The SMILES string of the molecule is Cc1ccccc1-c1cc(O)c(N)cc1C. The summed E-state index contributed by atoms with van der Waals surface area (Å²) in [6.07, 6.45) is 0. The molecule has 0 spiro atoms. The van der Waals surface area contributed by atoms with E-state index in [4.69, 9.17) is 5.73 Å². The molecule has 0 radical (unpaired) electrons. The summed E-state index contributed by atoms with van der Waals surface area (Å²) in [7, 11) is 0. The number of phenols is 1. The molecule has 0 bridgehead atoms. The largest absolute Gasteiger partial charge is 0.506 e. The van der Waals surface area contributed by atoms with E-state index in [0.29, 0.717) is 5.69 Å². The minimum Gasteiger partial charge on any atom is -0.506 e. The smallest absolute Gasteiger partial charge is 0.139 e. The van der Waals surface area contributed by atoms with Gasteiger partial charge in [-0.1, -0.05) is 24.3 Å². The van der Waals surface area contributed by atoms with Crippen molar-refractivity contribution in [1.82, 2.24) is 0 Å². The Morgan fingerprint density at radius 1 is 0.938 bits per heavy atom. The van der Waals surface area contributed by atoms with Crippen molar-refractivity contribution >= 4 is 5.69 Å². The van der Waals surface area contributed by atoms with Crippen LogP contribution in [0.2, 0.25) is 0 Å². The molecule has 2 aromatic rings. The van der Waals surface area contributed by atoms with E-state index in [0.717, 1.165) is 16.7 Å². The van der Waals surface area contributed by atoms with Crippen LogP contribution in [0, 0.1) is 13.8 Å². The lowest BCUT2D eigenvalue weighted by Gasteiger charge is -2.11. The molecular weight excluding hydrogens is 198 g/mol. The molecule has 0 aliphatic rings. The minimum atomic E-state index is 0.142. The predicted octanol–water partition coefficient (Wildman–Crippen LogP) is 3.26. The Hall–Kier alpha value is -1.96. The first-order valence-electron chi connectivity index (χ1n) is 5.24. The third-order valence-corrected chi connectivity index (χ3v) is 2.81. The van der Waals surface area contributed by atoms with Crippen molar-refractivity contribution in [3.63, 3.8) is 0 Å². The highest BCUT2D eigenvalue weighted by Crippen LogP contribution is 2.32. The summed E-state index contributed by atoms with van der Waals surface area (Å²) in [6, 6.07) is 11.6. The van der Waals surface area contributed by atoms with E-state index in [1.807, 2.05) is 25.1 Å². The Labute approximate surface area is 95.4 Å². The van der Waals surface area contributed by atoms with Gasteiger partial charge in [0.1, 0.15) is 5.75 Å². The maximum absolute atomic E-state index is 9.65. The normalized spacial score (nSPS) is 10.4. The number of hydrogen-bond acceptors (Lipinski definition) is 2. The van der Waals surface area contributed by atoms with Gasteiger partial charge in [-0.3, -0.25) is 0 Å². The molecule has 16 heavy (non-hydrogen) atoms. The van der Waals surface area contributed by atoms with Crippen molar-refractivity contribution < 1.29 is 5.11 Å². The van der Waals surface area contributed by atoms with Crippen molar-refractivity contribution in [2.75, 3.05) is 5.73 Å². The van der Waals surface area contributed by atoms with E-state index in [1.165, 1.54) is 5.56 Å². The van der Waals surface area contributed by atoms with E-state index in [9.17, 15) is 5.11 Å². The maximum atomic E-state index is 9.65. The first kappa shape index (κ1) is 10.6. The van der Waals surface area contributed by atoms with E-state index in [2.05, 4.69) is 13.0 Å². The fraction of sp³-hybridized carbons (Fsp3) is 0.143. The molecule has 0 atom stereocenters. The number of aryl methyl sites for hydroxylation is 2. The Morgan fingerprint density at radius 3 is 2.31 bits per heavy atom. The van der Waals surface area contributed by atoms with E-state index in [-0.39, 0.29) is 5.75 Å². The van der Waals surface area contributed by atoms with Crippen LogP contribution in [0.25, 0.3) is 11.1 Å². The zero-order valence-electron chi connectivity index (χ0n) is 9.49. The predicted molar refractivity (Wildman–Crippen MR) is 67.4 cm³/mol. The van der Waals surface area contributed by atoms with Crippen LogP contribution in [-0.4, -0.2) is 5.11 Å². The molecule has 0 fully saturated rings. The first-order chi connectivity index (χ1) is 7.59. The molecule has 0 aliphatic heterocycles. The van der Waals surface area contributed by atoms with Gasteiger partial charge >= 0.3 is 0 Å². The lowest BCUT2D eigenvalue weighted by atomic mass is 9.96. The molecule has 2 rings (SSSR count). The van der Waals surface area contributed by atoms with Crippen LogP contribution >= 0.6 is 0 Å². The van der Waals surface area contributed by atoms with Crippen molar-refractivity contribution in [1.29, 1.82) is 0 Å². The second-order valence-electron chi connectivity index (χ2n) is 4.04. The lowest BCUT2D eigenvalue weighted by molar-refractivity contribution is 0.478. The zero-order chi connectivity index (χ0) is 11.7. The first-order valence-corrected chi connectivity index (χ1v) is 5.24. The van der Waals surface area contributed by atoms with Crippen LogP contribution in [-0.2, 0) is 0 Å². The average Bonchev–Trinajstić information content (AvgIpc) is 2.25. The van der Waals surface area contributed by atoms with Gasteiger partial charge < -0.3 is 10.8 Å². The number of benzene rings is 2. The Morgan fingerprint density at radius 2 is 1.62 bits per heavy atom. The molecule has 2 heteroatoms. The topological polar surface area (TPSA) is 46.2 Å². The number of hydrogen-bond donors (Lipinski definition) is 2. The van der Waals surface area contributed by atoms with Gasteiger partial charge in [0.2, 0.25) is 0 Å². The number of nitrogen functional groups attached to an aromatic ring is 1. The third kappa shape index (κ3) is 1.74. The summed E-state index contributed by atoms with van der Waals surface area (Å²) in [5.74, 6) is 0.142. The fourth-order valence-corrected chi connectivity index (χ4v) is 1.88. The van der Waals surface area contributed by atoms with Gasteiger partial charge in [-0.25, -0.2) is 0 Å². The van der Waals surface area contributed by atoms with Crippen LogP contribution < -0.4 is 5.73 Å². The molecule has 0 saturated carbocycles. The van der Waals surface area contributed by atoms with Crippen molar-refractivity contribution in [3.8, 4) is 16.9 Å². The third-order valence-electron chi connectivity index (χ3n) is 2.81. The number of rotatable bonds is 1. The Balaban J connectivity index is 2.65. The maximum Gasteiger partial charge on any atom is 0.139 e. The van der Waals surface area contributed by atoms with Crippen LogP contribution in [0.3, 0.4) is 0 Å². The van der Waals surface area contributed by atoms with Gasteiger partial charge in [-0.15, -0.1) is 0 Å². The molecule has 3 N–H and O–H groups in total. The highest BCUT2D eigenvalue weighted by molar-refractivity contribution is 5.75. The molecular formula is C14H15NO. The summed E-state index contributed by atoms with van der Waals surface area (Å²) in [4.78, 5) is 0. The van der Waals surface area contributed by atoms with Crippen molar-refractivity contribution in [2.24, 2.45) is 0 Å². The van der Waals surface area contributed by atoms with Gasteiger partial charge in [-0.05, 0) is 48.2 Å². The molecule has 0 aromatic heterocycles. The van der Waals surface area contributed by atoms with Gasteiger partial charge in [0.25, 0.3) is 0 Å². The number of phenolic OH excluding ortho intramolecular Hbond substituents is 1. The highest BCUT2D eigenvalue weighted by atomic mass is 16.3. The summed E-state index contributed by atoms with van der Waals surface area (Å²) in [6.45, 7) is 4.06. The van der Waals surface area contributed by atoms with Crippen LogP contribution in [0.4, 0.5) is 5.69 Å². The molecule has 0 aliphatic carbocycles. The average molecular weight is 213 g/mol. The number of aromatic hydroxyl groups is 1. The monoisotopic (exact) mass is 213 g/mol. The molecule has 0 heterocycles. The second-order valence-corrected chi connectivity index (χ2v) is 4.04. The number of nitrogens with two attached hydrogens (primary N) is 1. The van der Waals surface area contributed by atoms with Crippen LogP contribution in [0.5, 0.6) is 5.75 Å². The quantitative estimate of drug-likeness (QED) is 0.564. The summed E-state index contributed by atoms with van der Waals surface area (Å²) < 4.78 is 0. The number of anilines is 1. The lowest BCUT2D eigenvalue weighted by Crippen LogP contribution is -1.91. The van der Waals surface area contributed by atoms with Crippen LogP contribution in [0.1, 0.15) is 11.1 Å². The highest BCUT2D eigenvalue weighted by Gasteiger charge is 2.07. The van der Waals surface area contributed by atoms with Gasteiger partial charge in [0.15, 0.2) is 0 Å². The Kier molecular flexibility index (Phi) is 2.57. The molecule has 0 unspecified atom stereocenters. The van der Waals surface area contributed by atoms with Gasteiger partial charge in [0, 0.05) is 0 Å². The molecule has 0 amide bonds. The van der Waals surface area contributed by atoms with Crippen LogP contribution in [0.15, 0.2) is 36.4 Å². The molecule has 2 nitrogen and oxygen atoms in total. The van der Waals surface area contributed by atoms with Gasteiger partial charge in [-0.2, -0.15) is 0 Å². The zero-order valence-corrected chi connectivity index (χ0v) is 9.49. The van der Waals surface area contributed by atoms with Gasteiger partial charge in [0.05, 0.1) is 5.69 Å². The van der Waals surface area contributed by atoms with Crippen molar-refractivity contribution in [3.05, 3.63) is 47.5 Å².